The number of aryl methyl sites for hydroxylation is 1. The average molecular weight is 383 g/mol. The van der Waals surface area contributed by atoms with Gasteiger partial charge in [0, 0.05) is 23.8 Å². The molecule has 0 bridgehead atoms. The molecule has 3 aromatic rings. The van der Waals surface area contributed by atoms with Crippen molar-refractivity contribution in [1.29, 1.82) is 0 Å². The Bertz CT molecular complexity index is 1090. The predicted molar refractivity (Wildman–Crippen MR) is 119 cm³/mol. The minimum atomic E-state index is 0.761. The second-order valence-corrected chi connectivity index (χ2v) is 7.88. The van der Waals surface area contributed by atoms with E-state index < -0.39 is 0 Å². The molecule has 1 aromatic heterocycles. The highest BCUT2D eigenvalue weighted by Crippen LogP contribution is 2.28. The lowest BCUT2D eigenvalue weighted by atomic mass is 10.1. The molecule has 0 radical (unpaired) electrons. The van der Waals surface area contributed by atoms with Crippen LogP contribution in [0.2, 0.25) is 0 Å². The summed E-state index contributed by atoms with van der Waals surface area (Å²) in [6.07, 6.45) is 6.54. The van der Waals surface area contributed by atoms with E-state index in [2.05, 4.69) is 47.2 Å². The average Bonchev–Trinajstić information content (AvgIpc) is 3.44. The van der Waals surface area contributed by atoms with Gasteiger partial charge in [-0.1, -0.05) is 12.1 Å². The van der Waals surface area contributed by atoms with Crippen LogP contribution in [0.5, 0.6) is 11.5 Å². The van der Waals surface area contributed by atoms with Crippen molar-refractivity contribution >= 4 is 22.7 Å². The van der Waals surface area contributed by atoms with Crippen LogP contribution in [-0.2, 0) is 6.54 Å². The summed E-state index contributed by atoms with van der Waals surface area (Å²) in [6, 6.07) is 16.6. The van der Waals surface area contributed by atoms with Crippen molar-refractivity contribution < 1.29 is 4.74 Å². The van der Waals surface area contributed by atoms with Crippen LogP contribution < -0.4 is 4.74 Å². The van der Waals surface area contributed by atoms with Gasteiger partial charge in [-0.25, -0.2) is 0 Å². The van der Waals surface area contributed by atoms with Crippen LogP contribution in [0.4, 0.5) is 0 Å². The number of pyridine rings is 1. The molecule has 0 unspecified atom stereocenters. The van der Waals surface area contributed by atoms with Gasteiger partial charge in [0.25, 0.3) is 0 Å². The SMILES string of the molecule is Cc1nc2ccc(Oc3ccc(C4=CC=NC4)cc3)cc2cc1CN1CCCC1. The Hall–Kier alpha value is -2.98. The number of aromatic nitrogens is 1. The first kappa shape index (κ1) is 18.1. The summed E-state index contributed by atoms with van der Waals surface area (Å²) in [5.41, 5.74) is 5.89. The van der Waals surface area contributed by atoms with E-state index in [1.165, 1.54) is 42.6 Å². The summed E-state index contributed by atoms with van der Waals surface area (Å²) >= 11 is 0. The molecule has 0 amide bonds. The summed E-state index contributed by atoms with van der Waals surface area (Å²) in [6.45, 7) is 6.25. The summed E-state index contributed by atoms with van der Waals surface area (Å²) in [5, 5.41) is 1.13. The van der Waals surface area contributed by atoms with Crippen molar-refractivity contribution in [2.75, 3.05) is 19.6 Å². The van der Waals surface area contributed by atoms with Crippen molar-refractivity contribution in [3.63, 3.8) is 0 Å². The Labute approximate surface area is 171 Å². The monoisotopic (exact) mass is 383 g/mol. The highest BCUT2D eigenvalue weighted by atomic mass is 16.5. The first-order valence-electron chi connectivity index (χ1n) is 10.3. The fourth-order valence-electron chi connectivity index (χ4n) is 4.11. The number of aliphatic imine (C=N–C) groups is 1. The van der Waals surface area contributed by atoms with E-state index in [0.717, 1.165) is 41.2 Å². The number of nitrogens with zero attached hydrogens (tertiary/aromatic N) is 3. The van der Waals surface area contributed by atoms with E-state index in [1.807, 2.05) is 30.5 Å². The van der Waals surface area contributed by atoms with Gasteiger partial charge in [0.15, 0.2) is 0 Å². The molecule has 0 aliphatic carbocycles. The van der Waals surface area contributed by atoms with Gasteiger partial charge in [-0.3, -0.25) is 14.9 Å². The summed E-state index contributed by atoms with van der Waals surface area (Å²) in [7, 11) is 0. The molecule has 1 fully saturated rings. The first-order valence-corrected chi connectivity index (χ1v) is 10.3. The molecule has 5 rings (SSSR count). The van der Waals surface area contributed by atoms with Crippen molar-refractivity contribution in [2.24, 2.45) is 4.99 Å². The molecule has 2 aliphatic rings. The molecule has 0 spiro atoms. The molecule has 2 aromatic carbocycles. The molecule has 0 atom stereocenters. The van der Waals surface area contributed by atoms with Crippen LogP contribution in [0.3, 0.4) is 0 Å². The highest BCUT2D eigenvalue weighted by Gasteiger charge is 2.14. The number of hydrogen-bond acceptors (Lipinski definition) is 4. The zero-order valence-corrected chi connectivity index (χ0v) is 16.8. The molecule has 2 aliphatic heterocycles. The Morgan fingerprint density at radius 3 is 2.52 bits per heavy atom. The third kappa shape index (κ3) is 3.94. The molecule has 1 saturated heterocycles. The Morgan fingerprint density at radius 2 is 1.76 bits per heavy atom. The van der Waals surface area contributed by atoms with E-state index in [9.17, 15) is 0 Å². The number of hydrogen-bond donors (Lipinski definition) is 0. The number of ether oxygens (including phenoxy) is 1. The van der Waals surface area contributed by atoms with Crippen LogP contribution in [0, 0.1) is 6.92 Å². The van der Waals surface area contributed by atoms with Crippen LogP contribution in [-0.4, -0.2) is 35.7 Å². The number of likely N-dealkylation sites (tertiary alicyclic amines) is 1. The predicted octanol–water partition coefficient (Wildman–Crippen LogP) is 5.40. The van der Waals surface area contributed by atoms with Crippen molar-refractivity contribution in [2.45, 2.75) is 26.3 Å². The number of fused-ring (bicyclic) bond motifs is 1. The van der Waals surface area contributed by atoms with E-state index in [4.69, 9.17) is 9.72 Å². The van der Waals surface area contributed by atoms with Gasteiger partial charge in [0.2, 0.25) is 0 Å². The molecular weight excluding hydrogens is 358 g/mol. The van der Waals surface area contributed by atoms with Crippen LogP contribution >= 0.6 is 0 Å². The summed E-state index contributed by atoms with van der Waals surface area (Å²) in [4.78, 5) is 11.6. The van der Waals surface area contributed by atoms with Crippen molar-refractivity contribution in [3.8, 4) is 11.5 Å². The second kappa shape index (κ2) is 7.80. The first-order chi connectivity index (χ1) is 14.2. The normalized spacial score (nSPS) is 16.5. The number of allylic oxidation sites excluding steroid dienone is 1. The molecule has 0 saturated carbocycles. The maximum Gasteiger partial charge on any atom is 0.128 e. The van der Waals surface area contributed by atoms with E-state index in [-0.39, 0.29) is 0 Å². The van der Waals surface area contributed by atoms with E-state index in [0.29, 0.717) is 0 Å². The van der Waals surface area contributed by atoms with Crippen LogP contribution in [0.15, 0.2) is 59.6 Å². The standard InChI is InChI=1S/C25H25N3O/c1-18-22(17-28-12-2-3-13-28)14-21-15-24(8-9-25(21)27-18)29-23-6-4-19(5-7-23)20-10-11-26-16-20/h4-11,14-15H,2-3,12-13,16-17H2,1H3. The van der Waals surface area contributed by atoms with Crippen LogP contribution in [0.25, 0.3) is 16.5 Å². The number of rotatable bonds is 5. The maximum atomic E-state index is 6.12. The lowest BCUT2D eigenvalue weighted by molar-refractivity contribution is 0.330. The molecule has 146 valence electrons. The topological polar surface area (TPSA) is 37.7 Å². The van der Waals surface area contributed by atoms with Gasteiger partial charge in [0.1, 0.15) is 11.5 Å². The van der Waals surface area contributed by atoms with Gasteiger partial charge in [-0.15, -0.1) is 0 Å². The van der Waals surface area contributed by atoms with E-state index in [1.54, 1.807) is 0 Å². The molecule has 4 heteroatoms. The van der Waals surface area contributed by atoms with Gasteiger partial charge in [-0.2, -0.15) is 0 Å². The second-order valence-electron chi connectivity index (χ2n) is 7.88. The smallest absolute Gasteiger partial charge is 0.128 e. The third-order valence-corrected chi connectivity index (χ3v) is 5.78. The molecule has 0 N–H and O–H groups in total. The van der Waals surface area contributed by atoms with Crippen molar-refractivity contribution in [3.05, 3.63) is 71.4 Å². The van der Waals surface area contributed by atoms with Gasteiger partial charge >= 0.3 is 0 Å². The lowest BCUT2D eigenvalue weighted by Crippen LogP contribution is -2.19. The van der Waals surface area contributed by atoms with Crippen molar-refractivity contribution in [1.82, 2.24) is 9.88 Å². The zero-order valence-electron chi connectivity index (χ0n) is 16.8. The fourth-order valence-corrected chi connectivity index (χ4v) is 4.11. The Morgan fingerprint density at radius 1 is 0.966 bits per heavy atom. The third-order valence-electron chi connectivity index (χ3n) is 5.78. The molecule has 4 nitrogen and oxygen atoms in total. The van der Waals surface area contributed by atoms with Crippen LogP contribution in [0.1, 0.15) is 29.7 Å². The zero-order chi connectivity index (χ0) is 19.6. The Balaban J connectivity index is 1.36. The quantitative estimate of drug-likeness (QED) is 0.592. The number of benzene rings is 2. The summed E-state index contributed by atoms with van der Waals surface area (Å²) in [5.74, 6) is 1.68. The Kier molecular flexibility index (Phi) is 4.86. The molecular formula is C25H25N3O. The minimum Gasteiger partial charge on any atom is -0.457 e. The highest BCUT2D eigenvalue weighted by molar-refractivity contribution is 5.89. The van der Waals surface area contributed by atoms with Gasteiger partial charge in [0.05, 0.1) is 12.1 Å². The maximum absolute atomic E-state index is 6.12. The lowest BCUT2D eigenvalue weighted by Gasteiger charge is -2.16. The fraction of sp³-hybridized carbons (Fsp3) is 0.280. The van der Waals surface area contributed by atoms with E-state index >= 15 is 0 Å². The minimum absolute atomic E-state index is 0.761. The molecule has 29 heavy (non-hydrogen) atoms. The van der Waals surface area contributed by atoms with Gasteiger partial charge in [-0.05, 0) is 92.0 Å². The van der Waals surface area contributed by atoms with Gasteiger partial charge < -0.3 is 4.74 Å². The summed E-state index contributed by atoms with van der Waals surface area (Å²) < 4.78 is 6.12. The molecule has 3 heterocycles. The largest absolute Gasteiger partial charge is 0.457 e.